The van der Waals surface area contributed by atoms with Crippen molar-refractivity contribution in [3.8, 4) is 0 Å². The van der Waals surface area contributed by atoms with E-state index in [0.717, 1.165) is 24.2 Å². The van der Waals surface area contributed by atoms with E-state index < -0.39 is 0 Å². The molecule has 0 aliphatic heterocycles. The molecule has 0 unspecified atom stereocenters. The van der Waals surface area contributed by atoms with E-state index in [-0.39, 0.29) is 5.56 Å². The van der Waals surface area contributed by atoms with E-state index >= 15 is 0 Å². The van der Waals surface area contributed by atoms with E-state index in [1.165, 1.54) is 0 Å². The zero-order chi connectivity index (χ0) is 12.3. The fourth-order valence-electron chi connectivity index (χ4n) is 1.88. The molecule has 0 amide bonds. The summed E-state index contributed by atoms with van der Waals surface area (Å²) in [6.45, 7) is 5.49. The molecule has 2 aromatic rings. The molecule has 2 aromatic heterocycles. The first-order valence-electron chi connectivity index (χ1n) is 5.87. The molecule has 0 saturated heterocycles. The van der Waals surface area contributed by atoms with Gasteiger partial charge in [0.1, 0.15) is 0 Å². The van der Waals surface area contributed by atoms with Crippen LogP contribution in [-0.4, -0.2) is 14.1 Å². The van der Waals surface area contributed by atoms with Crippen LogP contribution in [0.2, 0.25) is 0 Å². The van der Waals surface area contributed by atoms with Gasteiger partial charge in [-0.1, -0.05) is 13.0 Å². The predicted molar refractivity (Wildman–Crippen MR) is 67.1 cm³/mol. The van der Waals surface area contributed by atoms with Crippen LogP contribution in [0.1, 0.15) is 24.6 Å². The van der Waals surface area contributed by atoms with Gasteiger partial charge in [0.2, 0.25) is 0 Å². The summed E-state index contributed by atoms with van der Waals surface area (Å²) in [5, 5.41) is 0. The van der Waals surface area contributed by atoms with Gasteiger partial charge in [0.05, 0.1) is 18.6 Å². The van der Waals surface area contributed by atoms with Crippen LogP contribution in [0.15, 0.2) is 35.6 Å². The van der Waals surface area contributed by atoms with E-state index in [0.29, 0.717) is 6.54 Å². The number of imidazole rings is 1. The van der Waals surface area contributed by atoms with Crippen LogP contribution in [0.25, 0.3) is 0 Å². The summed E-state index contributed by atoms with van der Waals surface area (Å²) in [4.78, 5) is 16.0. The zero-order valence-electron chi connectivity index (χ0n) is 10.3. The summed E-state index contributed by atoms with van der Waals surface area (Å²) in [6, 6.07) is 3.74. The van der Waals surface area contributed by atoms with Gasteiger partial charge in [-0.3, -0.25) is 4.79 Å². The molecule has 17 heavy (non-hydrogen) atoms. The Morgan fingerprint density at radius 3 is 2.94 bits per heavy atom. The number of hydrogen-bond donors (Lipinski definition) is 0. The maximum absolute atomic E-state index is 11.9. The lowest BCUT2D eigenvalue weighted by atomic mass is 10.3. The largest absolute Gasteiger partial charge is 0.333 e. The second-order valence-corrected chi connectivity index (χ2v) is 4.20. The maximum atomic E-state index is 11.9. The Bertz CT molecular complexity index is 554. The Kier molecular flexibility index (Phi) is 3.42. The Balaban J connectivity index is 2.28. The number of aromatic nitrogens is 3. The lowest BCUT2D eigenvalue weighted by molar-refractivity contribution is 0.616. The molecule has 0 bridgehead atoms. The Morgan fingerprint density at radius 1 is 1.35 bits per heavy atom. The number of rotatable bonds is 4. The molecule has 4 heteroatoms. The standard InChI is InChI=1S/C13H17N3O/c1-3-6-16-10-14-8-12(16)9-15-7-4-5-11(2)13(15)17/h4-5,7-8,10H,3,6,9H2,1-2H3. The second kappa shape index (κ2) is 4.99. The van der Waals surface area contributed by atoms with E-state index in [2.05, 4.69) is 16.5 Å². The predicted octanol–water partition coefficient (Wildman–Crippen LogP) is 1.81. The van der Waals surface area contributed by atoms with Crippen LogP contribution < -0.4 is 5.56 Å². The van der Waals surface area contributed by atoms with Crippen molar-refractivity contribution in [3.63, 3.8) is 0 Å². The van der Waals surface area contributed by atoms with Crippen LogP contribution in [0.3, 0.4) is 0 Å². The molecular formula is C13H17N3O. The first-order valence-corrected chi connectivity index (χ1v) is 5.87. The number of nitrogens with zero attached hydrogens (tertiary/aromatic N) is 3. The van der Waals surface area contributed by atoms with Crippen LogP contribution in [0.5, 0.6) is 0 Å². The maximum Gasteiger partial charge on any atom is 0.253 e. The highest BCUT2D eigenvalue weighted by atomic mass is 16.1. The first-order chi connectivity index (χ1) is 8.22. The van der Waals surface area contributed by atoms with Crippen molar-refractivity contribution in [1.82, 2.24) is 14.1 Å². The fraction of sp³-hybridized carbons (Fsp3) is 0.385. The fourth-order valence-corrected chi connectivity index (χ4v) is 1.88. The van der Waals surface area contributed by atoms with E-state index in [1.807, 2.05) is 37.8 Å². The number of pyridine rings is 1. The molecule has 0 spiro atoms. The van der Waals surface area contributed by atoms with Crippen molar-refractivity contribution in [1.29, 1.82) is 0 Å². The molecule has 0 aliphatic rings. The van der Waals surface area contributed by atoms with Crippen LogP contribution in [0.4, 0.5) is 0 Å². The summed E-state index contributed by atoms with van der Waals surface area (Å²) in [6.07, 6.45) is 6.52. The lowest BCUT2D eigenvalue weighted by Gasteiger charge is -2.09. The average molecular weight is 231 g/mol. The molecular weight excluding hydrogens is 214 g/mol. The molecule has 0 aliphatic carbocycles. The van der Waals surface area contributed by atoms with Gasteiger partial charge < -0.3 is 9.13 Å². The minimum atomic E-state index is 0.0664. The third-order valence-electron chi connectivity index (χ3n) is 2.81. The number of hydrogen-bond acceptors (Lipinski definition) is 2. The van der Waals surface area contributed by atoms with Gasteiger partial charge in [-0.2, -0.15) is 0 Å². The molecule has 0 saturated carbocycles. The van der Waals surface area contributed by atoms with Gasteiger partial charge >= 0.3 is 0 Å². The van der Waals surface area contributed by atoms with Gasteiger partial charge in [0, 0.05) is 24.5 Å². The smallest absolute Gasteiger partial charge is 0.253 e. The summed E-state index contributed by atoms with van der Waals surface area (Å²) < 4.78 is 3.81. The topological polar surface area (TPSA) is 39.8 Å². The molecule has 0 atom stereocenters. The minimum Gasteiger partial charge on any atom is -0.333 e. The summed E-state index contributed by atoms with van der Waals surface area (Å²) >= 11 is 0. The first kappa shape index (κ1) is 11.6. The van der Waals surface area contributed by atoms with Gasteiger partial charge in [0.25, 0.3) is 5.56 Å². The highest BCUT2D eigenvalue weighted by Gasteiger charge is 2.04. The van der Waals surface area contributed by atoms with Crippen LogP contribution in [0, 0.1) is 6.92 Å². The van der Waals surface area contributed by atoms with Crippen molar-refractivity contribution in [3.05, 3.63) is 52.5 Å². The molecule has 0 N–H and O–H groups in total. The van der Waals surface area contributed by atoms with Crippen molar-refractivity contribution < 1.29 is 0 Å². The Labute approximate surface area is 101 Å². The van der Waals surface area contributed by atoms with Crippen molar-refractivity contribution in [2.45, 2.75) is 33.4 Å². The van der Waals surface area contributed by atoms with Crippen molar-refractivity contribution >= 4 is 0 Å². The molecule has 0 fully saturated rings. The molecule has 4 nitrogen and oxygen atoms in total. The van der Waals surface area contributed by atoms with Gasteiger partial charge in [0.15, 0.2) is 0 Å². The Morgan fingerprint density at radius 2 is 2.18 bits per heavy atom. The Hall–Kier alpha value is -1.84. The van der Waals surface area contributed by atoms with Gasteiger partial charge in [-0.25, -0.2) is 4.98 Å². The molecule has 0 radical (unpaired) electrons. The molecule has 90 valence electrons. The highest BCUT2D eigenvalue weighted by Crippen LogP contribution is 2.03. The normalized spacial score (nSPS) is 10.7. The second-order valence-electron chi connectivity index (χ2n) is 4.20. The lowest BCUT2D eigenvalue weighted by Crippen LogP contribution is -2.22. The highest BCUT2D eigenvalue weighted by molar-refractivity contribution is 5.09. The quantitative estimate of drug-likeness (QED) is 0.805. The third kappa shape index (κ3) is 2.46. The van der Waals surface area contributed by atoms with E-state index in [9.17, 15) is 4.79 Å². The SMILES string of the molecule is CCCn1cncc1Cn1cccc(C)c1=O. The van der Waals surface area contributed by atoms with Crippen molar-refractivity contribution in [2.24, 2.45) is 0 Å². The summed E-state index contributed by atoms with van der Waals surface area (Å²) in [5.74, 6) is 0. The van der Waals surface area contributed by atoms with Gasteiger partial charge in [-0.15, -0.1) is 0 Å². The van der Waals surface area contributed by atoms with E-state index in [4.69, 9.17) is 0 Å². The van der Waals surface area contributed by atoms with Crippen molar-refractivity contribution in [2.75, 3.05) is 0 Å². The minimum absolute atomic E-state index is 0.0664. The average Bonchev–Trinajstić information content (AvgIpc) is 2.73. The monoisotopic (exact) mass is 231 g/mol. The molecule has 0 aromatic carbocycles. The molecule has 2 heterocycles. The van der Waals surface area contributed by atoms with Crippen LogP contribution in [-0.2, 0) is 13.1 Å². The van der Waals surface area contributed by atoms with Crippen LogP contribution >= 0.6 is 0 Å². The third-order valence-corrected chi connectivity index (χ3v) is 2.81. The zero-order valence-corrected chi connectivity index (χ0v) is 10.3. The van der Waals surface area contributed by atoms with E-state index in [1.54, 1.807) is 4.57 Å². The summed E-state index contributed by atoms with van der Waals surface area (Å²) in [7, 11) is 0. The summed E-state index contributed by atoms with van der Waals surface area (Å²) in [5.41, 5.74) is 1.91. The molecule has 2 rings (SSSR count). The van der Waals surface area contributed by atoms with Gasteiger partial charge in [-0.05, 0) is 19.4 Å². The number of aryl methyl sites for hydroxylation is 2.